The molecule has 1 N–H and O–H groups in total. The van der Waals surface area contributed by atoms with Gasteiger partial charge in [0.1, 0.15) is 6.07 Å². The molecule has 0 atom stereocenters. The van der Waals surface area contributed by atoms with Crippen LogP contribution in [-0.4, -0.2) is 18.1 Å². The smallest absolute Gasteiger partial charge is 0.162 e. The van der Waals surface area contributed by atoms with E-state index in [-0.39, 0.29) is 0 Å². The third kappa shape index (κ3) is 1.62. The van der Waals surface area contributed by atoms with Gasteiger partial charge in [-0.15, -0.1) is 0 Å². The molecular weight excluding hydrogens is 178 g/mol. The molecule has 1 aromatic heterocycles. The lowest BCUT2D eigenvalue weighted by molar-refractivity contribution is 0.303. The molecular formula is C10H11N3O. The number of hydrogen-bond donors (Lipinski definition) is 1. The van der Waals surface area contributed by atoms with E-state index < -0.39 is 0 Å². The van der Waals surface area contributed by atoms with Crippen LogP contribution >= 0.6 is 0 Å². The first-order valence-corrected chi connectivity index (χ1v) is 4.57. The van der Waals surface area contributed by atoms with Crippen LogP contribution < -0.4 is 10.1 Å². The maximum atomic E-state index is 8.84. The highest BCUT2D eigenvalue weighted by atomic mass is 16.5. The van der Waals surface area contributed by atoms with Crippen LogP contribution in [0.3, 0.4) is 0 Å². The molecule has 0 radical (unpaired) electrons. The van der Waals surface area contributed by atoms with E-state index in [0.717, 1.165) is 18.5 Å². The summed E-state index contributed by atoms with van der Waals surface area (Å²) in [6.07, 6.45) is 5.69. The molecule has 0 unspecified atom stereocenters. The van der Waals surface area contributed by atoms with Gasteiger partial charge in [-0.25, -0.2) is 0 Å². The molecule has 14 heavy (non-hydrogen) atoms. The van der Waals surface area contributed by atoms with E-state index in [2.05, 4.69) is 16.4 Å². The second-order valence-corrected chi connectivity index (χ2v) is 3.24. The molecule has 1 aliphatic rings. The summed E-state index contributed by atoms with van der Waals surface area (Å²) in [6.45, 7) is 0. The van der Waals surface area contributed by atoms with Crippen LogP contribution in [0.25, 0.3) is 0 Å². The summed E-state index contributed by atoms with van der Waals surface area (Å²) in [7, 11) is 1.77. The van der Waals surface area contributed by atoms with Crippen molar-refractivity contribution in [1.82, 2.24) is 4.98 Å². The Balaban J connectivity index is 2.32. The normalized spacial score (nSPS) is 14.6. The zero-order valence-electron chi connectivity index (χ0n) is 7.95. The fourth-order valence-corrected chi connectivity index (χ4v) is 1.24. The van der Waals surface area contributed by atoms with E-state index in [0.29, 0.717) is 17.4 Å². The summed E-state index contributed by atoms with van der Waals surface area (Å²) in [6, 6.07) is 2.08. The van der Waals surface area contributed by atoms with Crippen molar-refractivity contribution in [2.24, 2.45) is 0 Å². The number of hydrogen-bond acceptors (Lipinski definition) is 4. The van der Waals surface area contributed by atoms with Crippen LogP contribution in [0.5, 0.6) is 5.75 Å². The van der Waals surface area contributed by atoms with Crippen LogP contribution in [0.4, 0.5) is 5.69 Å². The van der Waals surface area contributed by atoms with Gasteiger partial charge in [-0.3, -0.25) is 4.98 Å². The Morgan fingerprint density at radius 3 is 2.93 bits per heavy atom. The first-order valence-electron chi connectivity index (χ1n) is 4.57. The standard InChI is InChI=1S/C10H11N3O/c1-12-10-7(4-11)5-13-6-9(10)14-8-2-3-8/h5-6,8H,2-3H2,1H3,(H,12,13). The second kappa shape index (κ2) is 3.54. The highest BCUT2D eigenvalue weighted by molar-refractivity contribution is 5.64. The van der Waals surface area contributed by atoms with Crippen LogP contribution in [0.1, 0.15) is 18.4 Å². The molecule has 1 heterocycles. The van der Waals surface area contributed by atoms with E-state index in [1.807, 2.05) is 0 Å². The average molecular weight is 189 g/mol. The Kier molecular flexibility index (Phi) is 2.23. The lowest BCUT2D eigenvalue weighted by Gasteiger charge is -2.10. The van der Waals surface area contributed by atoms with E-state index in [4.69, 9.17) is 10.00 Å². The van der Waals surface area contributed by atoms with E-state index >= 15 is 0 Å². The van der Waals surface area contributed by atoms with Crippen molar-refractivity contribution in [3.8, 4) is 11.8 Å². The fourth-order valence-electron chi connectivity index (χ4n) is 1.24. The monoisotopic (exact) mass is 189 g/mol. The maximum Gasteiger partial charge on any atom is 0.162 e. The predicted molar refractivity (Wildman–Crippen MR) is 52.1 cm³/mol. The van der Waals surface area contributed by atoms with E-state index in [1.54, 1.807) is 13.2 Å². The molecule has 0 bridgehead atoms. The van der Waals surface area contributed by atoms with Gasteiger partial charge in [-0.05, 0) is 12.8 Å². The Hall–Kier alpha value is -1.76. The van der Waals surface area contributed by atoms with Crippen LogP contribution in [0.15, 0.2) is 12.4 Å². The number of nitriles is 1. The number of pyridine rings is 1. The van der Waals surface area contributed by atoms with Crippen molar-refractivity contribution in [2.45, 2.75) is 18.9 Å². The van der Waals surface area contributed by atoms with E-state index in [1.165, 1.54) is 6.20 Å². The molecule has 0 spiro atoms. The number of nitrogens with one attached hydrogen (secondary N) is 1. The highest BCUT2D eigenvalue weighted by Gasteiger charge is 2.25. The number of rotatable bonds is 3. The number of ether oxygens (including phenoxy) is 1. The number of aromatic nitrogens is 1. The fraction of sp³-hybridized carbons (Fsp3) is 0.400. The van der Waals surface area contributed by atoms with Gasteiger partial charge in [-0.2, -0.15) is 5.26 Å². The SMILES string of the molecule is CNc1c(C#N)cncc1OC1CC1. The van der Waals surface area contributed by atoms with Crippen molar-refractivity contribution < 1.29 is 4.74 Å². The summed E-state index contributed by atoms with van der Waals surface area (Å²) in [4.78, 5) is 3.96. The molecule has 1 saturated carbocycles. The summed E-state index contributed by atoms with van der Waals surface area (Å²) >= 11 is 0. The van der Waals surface area contributed by atoms with Gasteiger partial charge in [0.15, 0.2) is 5.75 Å². The number of anilines is 1. The first-order chi connectivity index (χ1) is 6.85. The average Bonchev–Trinajstić information content (AvgIpc) is 3.01. The van der Waals surface area contributed by atoms with Gasteiger partial charge in [0.25, 0.3) is 0 Å². The minimum atomic E-state index is 0.317. The van der Waals surface area contributed by atoms with Crippen molar-refractivity contribution >= 4 is 5.69 Å². The number of nitrogens with zero attached hydrogens (tertiary/aromatic N) is 2. The molecule has 0 amide bonds. The van der Waals surface area contributed by atoms with Gasteiger partial charge in [-0.1, -0.05) is 0 Å². The molecule has 4 heteroatoms. The Labute approximate surface area is 82.5 Å². The van der Waals surface area contributed by atoms with Gasteiger partial charge < -0.3 is 10.1 Å². The largest absolute Gasteiger partial charge is 0.487 e. The Morgan fingerprint density at radius 1 is 1.57 bits per heavy atom. The lowest BCUT2D eigenvalue weighted by Crippen LogP contribution is -2.02. The molecule has 0 saturated heterocycles. The van der Waals surface area contributed by atoms with E-state index in [9.17, 15) is 0 Å². The van der Waals surface area contributed by atoms with Crippen LogP contribution in [-0.2, 0) is 0 Å². The minimum absolute atomic E-state index is 0.317. The maximum absolute atomic E-state index is 8.84. The molecule has 0 aromatic carbocycles. The Bertz CT molecular complexity index is 379. The third-order valence-corrected chi connectivity index (χ3v) is 2.10. The van der Waals surface area contributed by atoms with Gasteiger partial charge in [0.2, 0.25) is 0 Å². The van der Waals surface area contributed by atoms with Crippen LogP contribution in [0.2, 0.25) is 0 Å². The quantitative estimate of drug-likeness (QED) is 0.783. The zero-order chi connectivity index (χ0) is 9.97. The van der Waals surface area contributed by atoms with Gasteiger partial charge >= 0.3 is 0 Å². The summed E-state index contributed by atoms with van der Waals surface area (Å²) in [5.74, 6) is 0.675. The molecule has 4 nitrogen and oxygen atoms in total. The molecule has 1 aromatic rings. The first kappa shape index (κ1) is 8.82. The molecule has 72 valence electrons. The van der Waals surface area contributed by atoms with Gasteiger partial charge in [0.05, 0.1) is 23.6 Å². The minimum Gasteiger partial charge on any atom is -0.487 e. The highest BCUT2D eigenvalue weighted by Crippen LogP contribution is 2.32. The molecule has 2 rings (SSSR count). The molecule has 1 fully saturated rings. The van der Waals surface area contributed by atoms with Crippen LogP contribution in [0, 0.1) is 11.3 Å². The predicted octanol–water partition coefficient (Wildman–Crippen LogP) is 1.54. The second-order valence-electron chi connectivity index (χ2n) is 3.24. The van der Waals surface area contributed by atoms with Crippen molar-refractivity contribution in [1.29, 1.82) is 5.26 Å². The third-order valence-electron chi connectivity index (χ3n) is 2.10. The molecule has 0 aliphatic heterocycles. The molecule has 1 aliphatic carbocycles. The van der Waals surface area contributed by atoms with Gasteiger partial charge in [0, 0.05) is 13.2 Å². The van der Waals surface area contributed by atoms with Crippen molar-refractivity contribution in [3.63, 3.8) is 0 Å². The van der Waals surface area contributed by atoms with Crippen molar-refractivity contribution in [3.05, 3.63) is 18.0 Å². The lowest BCUT2D eigenvalue weighted by atomic mass is 10.2. The van der Waals surface area contributed by atoms with Crippen molar-refractivity contribution in [2.75, 3.05) is 12.4 Å². The topological polar surface area (TPSA) is 57.9 Å². The summed E-state index contributed by atoms with van der Waals surface area (Å²) < 4.78 is 5.61. The Morgan fingerprint density at radius 2 is 2.36 bits per heavy atom. The summed E-state index contributed by atoms with van der Waals surface area (Å²) in [5.41, 5.74) is 1.25. The summed E-state index contributed by atoms with van der Waals surface area (Å²) in [5, 5.41) is 11.8. The zero-order valence-corrected chi connectivity index (χ0v) is 7.95.